The Morgan fingerprint density at radius 2 is 1.50 bits per heavy atom. The Morgan fingerprint density at radius 3 is 1.91 bits per heavy atom. The van der Waals surface area contributed by atoms with E-state index in [1.807, 2.05) is 32.9 Å². The number of carbonyl (C=O) groups excluding carboxylic acids is 1. The van der Waals surface area contributed by atoms with Crippen LogP contribution < -0.4 is 0 Å². The lowest BCUT2D eigenvalue weighted by atomic mass is 10.1. The molecule has 124 valence electrons. The van der Waals surface area contributed by atoms with Gasteiger partial charge in [-0.3, -0.25) is 4.79 Å². The first-order chi connectivity index (χ1) is 10.1. The molecule has 1 aromatic carbocycles. The Morgan fingerprint density at radius 1 is 1.05 bits per heavy atom. The predicted molar refractivity (Wildman–Crippen MR) is 88.4 cm³/mol. The summed E-state index contributed by atoms with van der Waals surface area (Å²) < 4.78 is 26.7. The molecule has 6 heteroatoms. The normalized spacial score (nSPS) is 11.8. The lowest BCUT2D eigenvalue weighted by Crippen LogP contribution is -2.41. The van der Waals surface area contributed by atoms with Crippen molar-refractivity contribution in [3.05, 3.63) is 28.8 Å². The van der Waals surface area contributed by atoms with Gasteiger partial charge in [-0.2, -0.15) is 4.31 Å². The van der Waals surface area contributed by atoms with Crippen LogP contribution in [0.1, 0.15) is 30.5 Å². The third-order valence-corrected chi connectivity index (χ3v) is 5.86. The number of likely N-dealkylation sites (N-methyl/N-ethyl adjacent to an activating group) is 2. The highest BCUT2D eigenvalue weighted by molar-refractivity contribution is 7.89. The van der Waals surface area contributed by atoms with Crippen LogP contribution in [-0.4, -0.2) is 50.2 Å². The van der Waals surface area contributed by atoms with Gasteiger partial charge in [0.25, 0.3) is 0 Å². The molecule has 0 fully saturated rings. The Kier molecular flexibility index (Phi) is 6.14. The molecule has 1 aromatic rings. The van der Waals surface area contributed by atoms with Gasteiger partial charge in [0.2, 0.25) is 15.9 Å². The maximum Gasteiger partial charge on any atom is 0.243 e. The smallest absolute Gasteiger partial charge is 0.243 e. The molecule has 0 N–H and O–H groups in total. The highest BCUT2D eigenvalue weighted by Crippen LogP contribution is 2.24. The van der Waals surface area contributed by atoms with Crippen LogP contribution in [0.2, 0.25) is 0 Å². The maximum absolute atomic E-state index is 12.8. The van der Waals surface area contributed by atoms with E-state index < -0.39 is 10.0 Å². The Bertz CT molecular complexity index is 626. The molecule has 0 saturated carbocycles. The van der Waals surface area contributed by atoms with E-state index in [1.165, 1.54) is 7.05 Å². The number of hydrogen-bond donors (Lipinski definition) is 0. The molecule has 1 amide bonds. The molecule has 0 aliphatic heterocycles. The summed E-state index contributed by atoms with van der Waals surface area (Å²) in [7, 11) is -2.22. The highest BCUT2D eigenvalue weighted by atomic mass is 32.2. The molecule has 5 nitrogen and oxygen atoms in total. The fourth-order valence-corrected chi connectivity index (χ4v) is 4.20. The molecule has 0 atom stereocenters. The molecule has 0 saturated heterocycles. The molecule has 0 aliphatic carbocycles. The van der Waals surface area contributed by atoms with Crippen LogP contribution in [0.4, 0.5) is 0 Å². The van der Waals surface area contributed by atoms with E-state index in [4.69, 9.17) is 0 Å². The third-order valence-electron chi connectivity index (χ3n) is 3.75. The van der Waals surface area contributed by atoms with E-state index in [0.29, 0.717) is 29.1 Å². The van der Waals surface area contributed by atoms with Crippen molar-refractivity contribution in [2.24, 2.45) is 0 Å². The number of hydrogen-bond acceptors (Lipinski definition) is 3. The van der Waals surface area contributed by atoms with Crippen LogP contribution in [0.15, 0.2) is 17.0 Å². The molecule has 0 aliphatic rings. The average Bonchev–Trinajstić information content (AvgIpc) is 2.38. The maximum atomic E-state index is 12.8. The summed E-state index contributed by atoms with van der Waals surface area (Å²) in [6.07, 6.45) is 0. The van der Waals surface area contributed by atoms with Crippen molar-refractivity contribution >= 4 is 15.9 Å². The molecule has 0 unspecified atom stereocenters. The molecular weight excluding hydrogens is 300 g/mol. The Labute approximate surface area is 134 Å². The van der Waals surface area contributed by atoms with Crippen molar-refractivity contribution in [1.82, 2.24) is 9.21 Å². The van der Waals surface area contributed by atoms with Crippen molar-refractivity contribution in [1.29, 1.82) is 0 Å². The molecule has 22 heavy (non-hydrogen) atoms. The molecule has 0 radical (unpaired) electrons. The summed E-state index contributed by atoms with van der Waals surface area (Å²) in [6, 6.07) is 3.69. The second-order valence-electron chi connectivity index (χ2n) is 5.55. The number of rotatable bonds is 6. The number of benzene rings is 1. The van der Waals surface area contributed by atoms with Crippen molar-refractivity contribution in [3.8, 4) is 0 Å². The van der Waals surface area contributed by atoms with E-state index in [9.17, 15) is 13.2 Å². The fourth-order valence-electron chi connectivity index (χ4n) is 2.68. The lowest BCUT2D eigenvalue weighted by molar-refractivity contribution is -0.130. The van der Waals surface area contributed by atoms with Crippen molar-refractivity contribution in [2.45, 2.75) is 39.5 Å². The van der Waals surface area contributed by atoms with Gasteiger partial charge in [0.15, 0.2) is 0 Å². The van der Waals surface area contributed by atoms with E-state index in [-0.39, 0.29) is 12.5 Å². The summed E-state index contributed by atoms with van der Waals surface area (Å²) >= 11 is 0. The van der Waals surface area contributed by atoms with Gasteiger partial charge in [-0.25, -0.2) is 8.42 Å². The van der Waals surface area contributed by atoms with E-state index in [1.54, 1.807) is 18.7 Å². The second-order valence-corrected chi connectivity index (χ2v) is 7.54. The number of amides is 1. The molecule has 1 rings (SSSR count). The molecule has 0 bridgehead atoms. The van der Waals surface area contributed by atoms with Gasteiger partial charge in [-0.1, -0.05) is 17.7 Å². The number of carbonyl (C=O) groups is 1. The summed E-state index contributed by atoms with van der Waals surface area (Å²) in [5, 5.41) is 0. The summed E-state index contributed by atoms with van der Waals surface area (Å²) in [5.74, 6) is -0.182. The topological polar surface area (TPSA) is 57.7 Å². The first-order valence-corrected chi connectivity index (χ1v) is 8.91. The quantitative estimate of drug-likeness (QED) is 0.804. The molecule has 0 spiro atoms. The molecule has 0 heterocycles. The van der Waals surface area contributed by atoms with Gasteiger partial charge in [0.05, 0.1) is 11.4 Å². The van der Waals surface area contributed by atoms with Crippen LogP contribution in [-0.2, 0) is 14.8 Å². The molecule has 0 aromatic heterocycles. The monoisotopic (exact) mass is 326 g/mol. The third kappa shape index (κ3) is 3.87. The predicted octanol–water partition coefficient (Wildman–Crippen LogP) is 2.10. The van der Waals surface area contributed by atoms with Gasteiger partial charge >= 0.3 is 0 Å². The van der Waals surface area contributed by atoms with Crippen LogP contribution in [0.25, 0.3) is 0 Å². The van der Waals surface area contributed by atoms with E-state index >= 15 is 0 Å². The molecular formula is C16H26N2O3S. The van der Waals surface area contributed by atoms with Gasteiger partial charge in [0, 0.05) is 20.1 Å². The second kappa shape index (κ2) is 7.24. The summed E-state index contributed by atoms with van der Waals surface area (Å²) in [5.41, 5.74) is 2.44. The van der Waals surface area contributed by atoms with Gasteiger partial charge < -0.3 is 4.90 Å². The van der Waals surface area contributed by atoms with Crippen molar-refractivity contribution in [3.63, 3.8) is 0 Å². The summed E-state index contributed by atoms with van der Waals surface area (Å²) in [4.78, 5) is 14.1. The van der Waals surface area contributed by atoms with Gasteiger partial charge in [-0.15, -0.1) is 0 Å². The number of nitrogens with zero attached hydrogens (tertiary/aromatic N) is 2. The Balaban J connectivity index is 3.12. The largest absolute Gasteiger partial charge is 0.342 e. The lowest BCUT2D eigenvalue weighted by Gasteiger charge is -2.24. The standard InChI is InChI=1S/C16H26N2O3S/c1-7-18(8-2)15(19)11-17(6)22(20,21)16-13(4)9-12(3)10-14(16)5/h9-10H,7-8,11H2,1-6H3. The Hall–Kier alpha value is -1.40. The zero-order valence-corrected chi connectivity index (χ0v) is 15.1. The van der Waals surface area contributed by atoms with Crippen LogP contribution >= 0.6 is 0 Å². The van der Waals surface area contributed by atoms with E-state index in [0.717, 1.165) is 9.87 Å². The van der Waals surface area contributed by atoms with E-state index in [2.05, 4.69) is 0 Å². The van der Waals surface area contributed by atoms with Gasteiger partial charge in [0.1, 0.15) is 0 Å². The first kappa shape index (κ1) is 18.6. The number of aryl methyl sites for hydroxylation is 3. The zero-order valence-electron chi connectivity index (χ0n) is 14.3. The number of sulfonamides is 1. The van der Waals surface area contributed by atoms with Crippen LogP contribution in [0.5, 0.6) is 0 Å². The minimum absolute atomic E-state index is 0.142. The SMILES string of the molecule is CCN(CC)C(=O)CN(C)S(=O)(=O)c1c(C)cc(C)cc1C. The van der Waals surface area contributed by atoms with Crippen LogP contribution in [0.3, 0.4) is 0 Å². The fraction of sp³-hybridized carbons (Fsp3) is 0.562. The van der Waals surface area contributed by atoms with Crippen molar-refractivity contribution in [2.75, 3.05) is 26.7 Å². The van der Waals surface area contributed by atoms with Gasteiger partial charge in [-0.05, 0) is 45.7 Å². The highest BCUT2D eigenvalue weighted by Gasteiger charge is 2.27. The first-order valence-electron chi connectivity index (χ1n) is 7.47. The average molecular weight is 326 g/mol. The van der Waals surface area contributed by atoms with Crippen molar-refractivity contribution < 1.29 is 13.2 Å². The minimum Gasteiger partial charge on any atom is -0.342 e. The minimum atomic E-state index is -3.68. The zero-order chi connectivity index (χ0) is 17.1. The van der Waals surface area contributed by atoms with Crippen LogP contribution in [0, 0.1) is 20.8 Å². The summed E-state index contributed by atoms with van der Waals surface area (Å²) in [6.45, 7) is 10.3.